The van der Waals surface area contributed by atoms with Crippen molar-refractivity contribution in [1.82, 2.24) is 10.6 Å². The van der Waals surface area contributed by atoms with E-state index in [4.69, 9.17) is 0 Å². The Morgan fingerprint density at radius 2 is 2.00 bits per heavy atom. The zero-order chi connectivity index (χ0) is 20.0. The van der Waals surface area contributed by atoms with Gasteiger partial charge in [-0.3, -0.25) is 4.99 Å². The van der Waals surface area contributed by atoms with E-state index in [1.54, 1.807) is 0 Å². The maximum absolute atomic E-state index is 13.9. The van der Waals surface area contributed by atoms with E-state index >= 15 is 0 Å². The number of nitrogens with one attached hydrogen (secondary N) is 2. The molecule has 1 aromatic carbocycles. The lowest BCUT2D eigenvalue weighted by Crippen LogP contribution is -2.46. The summed E-state index contributed by atoms with van der Waals surface area (Å²) >= 11 is 0. The van der Waals surface area contributed by atoms with E-state index in [2.05, 4.69) is 20.4 Å². The highest BCUT2D eigenvalue weighted by molar-refractivity contribution is 14.0. The van der Waals surface area contributed by atoms with Gasteiger partial charge in [-0.1, -0.05) is 12.5 Å². The van der Waals surface area contributed by atoms with Crippen molar-refractivity contribution in [1.29, 1.82) is 0 Å². The van der Waals surface area contributed by atoms with Gasteiger partial charge in [0.25, 0.3) is 0 Å². The van der Waals surface area contributed by atoms with Crippen LogP contribution in [0.2, 0.25) is 0 Å². The Kier molecular flexibility index (Phi) is 9.64. The molecule has 2 atom stereocenters. The van der Waals surface area contributed by atoms with Crippen LogP contribution in [-0.4, -0.2) is 31.8 Å². The largest absolute Gasteiger partial charge is 0.434 e. The third kappa shape index (κ3) is 7.21. The first kappa shape index (κ1) is 24.6. The summed E-state index contributed by atoms with van der Waals surface area (Å²) < 4.78 is 81.9. The Morgan fingerprint density at radius 1 is 1.29 bits per heavy atom. The smallest absolute Gasteiger partial charge is 0.391 e. The van der Waals surface area contributed by atoms with Crippen LogP contribution in [0.4, 0.5) is 26.3 Å². The first-order valence-electron chi connectivity index (χ1n) is 8.46. The molecule has 0 saturated heterocycles. The van der Waals surface area contributed by atoms with Gasteiger partial charge in [0.2, 0.25) is 0 Å². The van der Waals surface area contributed by atoms with Crippen LogP contribution in [0.1, 0.15) is 31.2 Å². The Morgan fingerprint density at radius 3 is 2.61 bits per heavy atom. The molecule has 1 aliphatic rings. The summed E-state index contributed by atoms with van der Waals surface area (Å²) in [6, 6.07) is 3.11. The van der Waals surface area contributed by atoms with Crippen molar-refractivity contribution in [2.24, 2.45) is 10.9 Å². The predicted octanol–water partition coefficient (Wildman–Crippen LogP) is 4.83. The number of aliphatic imine (C=N–C) groups is 1. The number of rotatable bonds is 5. The van der Waals surface area contributed by atoms with Crippen molar-refractivity contribution in [2.45, 2.75) is 51.1 Å². The van der Waals surface area contributed by atoms with Gasteiger partial charge < -0.3 is 15.4 Å². The normalized spacial score (nSPS) is 20.5. The number of alkyl halides is 5. The van der Waals surface area contributed by atoms with Crippen LogP contribution in [0.25, 0.3) is 0 Å². The molecular formula is C17H22F6IN3O. The third-order valence-electron chi connectivity index (χ3n) is 4.43. The molecule has 1 aromatic rings. The van der Waals surface area contributed by atoms with Gasteiger partial charge in [-0.05, 0) is 31.4 Å². The van der Waals surface area contributed by atoms with Gasteiger partial charge in [0, 0.05) is 25.2 Å². The molecule has 2 N–H and O–H groups in total. The molecule has 28 heavy (non-hydrogen) atoms. The van der Waals surface area contributed by atoms with Crippen LogP contribution in [0.15, 0.2) is 23.2 Å². The molecule has 0 aromatic heterocycles. The molecule has 2 rings (SSSR count). The van der Waals surface area contributed by atoms with Crippen LogP contribution >= 0.6 is 24.0 Å². The molecule has 4 nitrogen and oxygen atoms in total. The monoisotopic (exact) mass is 525 g/mol. The average Bonchev–Trinajstić information content (AvgIpc) is 2.59. The number of ether oxygens (including phenoxy) is 1. The molecule has 2 unspecified atom stereocenters. The molecule has 0 aliphatic heterocycles. The van der Waals surface area contributed by atoms with Gasteiger partial charge in [-0.2, -0.15) is 22.0 Å². The summed E-state index contributed by atoms with van der Waals surface area (Å²) in [6.45, 7) is -3.33. The van der Waals surface area contributed by atoms with Crippen molar-refractivity contribution in [2.75, 3.05) is 7.05 Å². The summed E-state index contributed by atoms with van der Waals surface area (Å²) in [5, 5.41) is 5.62. The Bertz CT molecular complexity index is 656. The molecule has 160 valence electrons. The topological polar surface area (TPSA) is 45.7 Å². The van der Waals surface area contributed by atoms with E-state index in [9.17, 15) is 26.3 Å². The number of hydrogen-bond donors (Lipinski definition) is 2. The second-order valence-electron chi connectivity index (χ2n) is 6.27. The maximum atomic E-state index is 13.9. The SMILES string of the molecule is CN=C(NCc1c(F)cccc1OC(F)F)NC1CCCC(C(F)(F)F)C1.I. The highest BCUT2D eigenvalue weighted by Gasteiger charge is 2.42. The zero-order valence-electron chi connectivity index (χ0n) is 15.0. The van der Waals surface area contributed by atoms with Crippen molar-refractivity contribution in [3.8, 4) is 5.75 Å². The quantitative estimate of drug-likeness (QED) is 0.251. The van der Waals surface area contributed by atoms with Crippen molar-refractivity contribution in [3.05, 3.63) is 29.6 Å². The van der Waals surface area contributed by atoms with E-state index < -0.39 is 30.6 Å². The average molecular weight is 525 g/mol. The van der Waals surface area contributed by atoms with Crippen molar-refractivity contribution >= 4 is 29.9 Å². The lowest BCUT2D eigenvalue weighted by Gasteiger charge is -2.32. The van der Waals surface area contributed by atoms with Crippen LogP contribution in [0.5, 0.6) is 5.75 Å². The minimum absolute atomic E-state index is 0. The standard InChI is InChI=1S/C17H21F6N3O.HI/c1-24-16(26-11-5-2-4-10(8-11)17(21,22)23)25-9-12-13(18)6-3-7-14(12)27-15(19)20;/h3,6-7,10-11,15H,2,4-5,8-9H2,1H3,(H2,24,25,26);1H. The van der Waals surface area contributed by atoms with Crippen molar-refractivity contribution < 1.29 is 31.1 Å². The molecule has 1 fully saturated rings. The fraction of sp³-hybridized carbons (Fsp3) is 0.588. The molecule has 0 radical (unpaired) electrons. The van der Waals surface area contributed by atoms with E-state index in [1.165, 1.54) is 19.2 Å². The fourth-order valence-electron chi connectivity index (χ4n) is 3.10. The Labute approximate surface area is 176 Å². The van der Waals surface area contributed by atoms with Crippen LogP contribution in [0.3, 0.4) is 0 Å². The molecule has 1 saturated carbocycles. The number of halogens is 7. The van der Waals surface area contributed by atoms with Crippen LogP contribution in [-0.2, 0) is 6.54 Å². The molecule has 0 spiro atoms. The molecule has 11 heteroatoms. The minimum Gasteiger partial charge on any atom is -0.434 e. The van der Waals surface area contributed by atoms with Crippen molar-refractivity contribution in [3.63, 3.8) is 0 Å². The summed E-state index contributed by atoms with van der Waals surface area (Å²) in [5.74, 6) is -2.28. The fourth-order valence-corrected chi connectivity index (χ4v) is 3.10. The lowest BCUT2D eigenvalue weighted by molar-refractivity contribution is -0.183. The highest BCUT2D eigenvalue weighted by Crippen LogP contribution is 2.37. The summed E-state index contributed by atoms with van der Waals surface area (Å²) in [4.78, 5) is 3.91. The first-order valence-corrected chi connectivity index (χ1v) is 8.46. The predicted molar refractivity (Wildman–Crippen MR) is 104 cm³/mol. The van der Waals surface area contributed by atoms with E-state index in [0.29, 0.717) is 12.8 Å². The van der Waals surface area contributed by atoms with E-state index in [0.717, 1.165) is 6.07 Å². The van der Waals surface area contributed by atoms with E-state index in [1.807, 2.05) is 0 Å². The minimum atomic E-state index is -4.24. The summed E-state index contributed by atoms with van der Waals surface area (Å²) in [6.07, 6.45) is -3.25. The Balaban J connectivity index is 0.00000392. The van der Waals surface area contributed by atoms with Gasteiger partial charge in [0.05, 0.1) is 5.92 Å². The molecule has 0 amide bonds. The molecule has 0 bridgehead atoms. The third-order valence-corrected chi connectivity index (χ3v) is 4.43. The second kappa shape index (κ2) is 11.0. The molecular weight excluding hydrogens is 503 g/mol. The van der Waals surface area contributed by atoms with Crippen LogP contribution < -0.4 is 15.4 Å². The molecule has 0 heterocycles. The van der Waals surface area contributed by atoms with Gasteiger partial charge in [0.1, 0.15) is 11.6 Å². The first-order chi connectivity index (χ1) is 12.7. The van der Waals surface area contributed by atoms with Crippen LogP contribution in [0, 0.1) is 11.7 Å². The highest BCUT2D eigenvalue weighted by atomic mass is 127. The number of nitrogens with zero attached hydrogens (tertiary/aromatic N) is 1. The molecule has 1 aliphatic carbocycles. The lowest BCUT2D eigenvalue weighted by atomic mass is 9.85. The maximum Gasteiger partial charge on any atom is 0.391 e. The second-order valence-corrected chi connectivity index (χ2v) is 6.27. The number of benzene rings is 1. The van der Waals surface area contributed by atoms with Gasteiger partial charge in [0.15, 0.2) is 5.96 Å². The van der Waals surface area contributed by atoms with E-state index in [-0.39, 0.29) is 60.6 Å². The van der Waals surface area contributed by atoms with Gasteiger partial charge >= 0.3 is 12.8 Å². The summed E-state index contributed by atoms with van der Waals surface area (Å²) in [5.41, 5.74) is -0.127. The number of hydrogen-bond acceptors (Lipinski definition) is 2. The number of guanidine groups is 1. The summed E-state index contributed by atoms with van der Waals surface area (Å²) in [7, 11) is 1.41. The van der Waals surface area contributed by atoms with Gasteiger partial charge in [-0.25, -0.2) is 4.39 Å². The Hall–Kier alpha value is -1.40. The van der Waals surface area contributed by atoms with Gasteiger partial charge in [-0.15, -0.1) is 24.0 Å². The zero-order valence-corrected chi connectivity index (χ0v) is 17.4.